The summed E-state index contributed by atoms with van der Waals surface area (Å²) < 4.78 is 10.6. The second-order valence-corrected chi connectivity index (χ2v) is 6.00. The molecule has 1 aromatic heterocycles. The van der Waals surface area contributed by atoms with Crippen LogP contribution >= 0.6 is 0 Å². The molecule has 1 N–H and O–H groups in total. The van der Waals surface area contributed by atoms with Gasteiger partial charge < -0.3 is 14.4 Å². The average molecular weight is 332 g/mol. The summed E-state index contributed by atoms with van der Waals surface area (Å²) in [7, 11) is 0. The zero-order valence-electron chi connectivity index (χ0n) is 14.0. The second-order valence-electron chi connectivity index (χ2n) is 6.00. The van der Waals surface area contributed by atoms with E-state index in [0.29, 0.717) is 18.3 Å². The zero-order valence-corrected chi connectivity index (χ0v) is 14.0. The van der Waals surface area contributed by atoms with Crippen LogP contribution in [0, 0.1) is 6.92 Å². The van der Waals surface area contributed by atoms with E-state index < -0.39 is 0 Å². The largest absolute Gasteiger partial charge is 0.485 e. The van der Waals surface area contributed by atoms with Crippen molar-refractivity contribution in [2.24, 2.45) is 0 Å². The Bertz CT molecular complexity index is 621. The fraction of sp³-hybridized carbons (Fsp3) is 0.529. The molecule has 0 radical (unpaired) electrons. The first-order valence-corrected chi connectivity index (χ1v) is 8.29. The van der Waals surface area contributed by atoms with Crippen LogP contribution in [0.3, 0.4) is 0 Å². The molecule has 1 fully saturated rings. The number of nitrogens with zero attached hydrogens (tertiary/aromatic N) is 4. The minimum absolute atomic E-state index is 0.241. The Morgan fingerprint density at radius 3 is 2.46 bits per heavy atom. The third kappa shape index (κ3) is 4.77. The van der Waals surface area contributed by atoms with Crippen LogP contribution in [0.5, 0.6) is 5.75 Å². The highest BCUT2D eigenvalue weighted by Gasteiger charge is 2.16. The molecule has 7 heteroatoms. The van der Waals surface area contributed by atoms with E-state index in [2.05, 4.69) is 32.1 Å². The molecule has 0 amide bonds. The van der Waals surface area contributed by atoms with Crippen molar-refractivity contribution in [1.29, 1.82) is 0 Å². The summed E-state index contributed by atoms with van der Waals surface area (Å²) in [4.78, 5) is 8.85. The average Bonchev–Trinajstić information content (AvgIpc) is 3.02. The quantitative estimate of drug-likeness (QED) is 0.813. The van der Waals surface area contributed by atoms with E-state index in [9.17, 15) is 0 Å². The number of aliphatic hydroxyl groups excluding tert-OH is 1. The normalized spacial score (nSPS) is 16.4. The number of aliphatic hydroxyl groups is 1. The van der Waals surface area contributed by atoms with Crippen molar-refractivity contribution < 1.29 is 14.4 Å². The minimum atomic E-state index is 0.241. The first kappa shape index (κ1) is 16.9. The molecule has 130 valence electrons. The molecule has 0 spiro atoms. The van der Waals surface area contributed by atoms with Gasteiger partial charge in [0.05, 0.1) is 6.61 Å². The lowest BCUT2D eigenvalue weighted by molar-refractivity contribution is 0.108. The van der Waals surface area contributed by atoms with Crippen LogP contribution in [0.15, 0.2) is 28.8 Å². The van der Waals surface area contributed by atoms with Gasteiger partial charge in [-0.3, -0.25) is 9.80 Å². The lowest BCUT2D eigenvalue weighted by atomic mass is 10.2. The van der Waals surface area contributed by atoms with Crippen LogP contribution in [0.2, 0.25) is 0 Å². The van der Waals surface area contributed by atoms with E-state index in [-0.39, 0.29) is 6.61 Å². The summed E-state index contributed by atoms with van der Waals surface area (Å²) in [5, 5.41) is 12.8. The molecule has 7 nitrogen and oxygen atoms in total. The summed E-state index contributed by atoms with van der Waals surface area (Å²) in [6, 6.07) is 8.14. The number of piperazine rings is 1. The number of aryl methyl sites for hydroxylation is 1. The predicted octanol–water partition coefficient (Wildman–Crippen LogP) is 1.07. The van der Waals surface area contributed by atoms with Gasteiger partial charge in [-0.1, -0.05) is 17.3 Å². The maximum Gasteiger partial charge on any atom is 0.223 e. The van der Waals surface area contributed by atoms with Crippen molar-refractivity contribution in [3.8, 4) is 5.75 Å². The maximum atomic E-state index is 8.98. The van der Waals surface area contributed by atoms with E-state index in [1.807, 2.05) is 12.1 Å². The molecule has 0 saturated carbocycles. The SMILES string of the molecule is Cc1nc(COc2ccc(CN3CCN(CCO)CC3)cc2)no1. The van der Waals surface area contributed by atoms with Gasteiger partial charge in [0, 0.05) is 46.2 Å². The highest BCUT2D eigenvalue weighted by Crippen LogP contribution is 2.15. The highest BCUT2D eigenvalue weighted by molar-refractivity contribution is 5.27. The first-order chi connectivity index (χ1) is 11.7. The fourth-order valence-electron chi connectivity index (χ4n) is 2.81. The Hall–Kier alpha value is -1.96. The number of benzene rings is 1. The van der Waals surface area contributed by atoms with Gasteiger partial charge in [0.2, 0.25) is 11.7 Å². The zero-order chi connectivity index (χ0) is 16.8. The minimum Gasteiger partial charge on any atom is -0.485 e. The fourth-order valence-corrected chi connectivity index (χ4v) is 2.81. The summed E-state index contributed by atoms with van der Waals surface area (Å²) in [6.07, 6.45) is 0. The van der Waals surface area contributed by atoms with Crippen LogP contribution < -0.4 is 4.74 Å². The van der Waals surface area contributed by atoms with Crippen LogP contribution in [-0.4, -0.2) is 64.4 Å². The third-order valence-electron chi connectivity index (χ3n) is 4.15. The maximum absolute atomic E-state index is 8.98. The molecule has 3 rings (SSSR count). The smallest absolute Gasteiger partial charge is 0.223 e. The molecule has 0 unspecified atom stereocenters. The Morgan fingerprint density at radius 1 is 1.12 bits per heavy atom. The monoisotopic (exact) mass is 332 g/mol. The van der Waals surface area contributed by atoms with Gasteiger partial charge >= 0.3 is 0 Å². The number of aromatic nitrogens is 2. The Morgan fingerprint density at radius 2 is 1.83 bits per heavy atom. The topological polar surface area (TPSA) is 74.9 Å². The highest BCUT2D eigenvalue weighted by atomic mass is 16.5. The Balaban J connectivity index is 1.44. The van der Waals surface area contributed by atoms with Crippen LogP contribution in [0.25, 0.3) is 0 Å². The summed E-state index contributed by atoms with van der Waals surface area (Å²) in [5.41, 5.74) is 1.27. The van der Waals surface area contributed by atoms with Gasteiger partial charge in [-0.2, -0.15) is 4.98 Å². The summed E-state index contributed by atoms with van der Waals surface area (Å²) >= 11 is 0. The van der Waals surface area contributed by atoms with Crippen molar-refractivity contribution in [3.05, 3.63) is 41.5 Å². The van der Waals surface area contributed by atoms with Crippen molar-refractivity contribution >= 4 is 0 Å². The van der Waals surface area contributed by atoms with Crippen molar-refractivity contribution in [2.75, 3.05) is 39.3 Å². The molecule has 0 aliphatic carbocycles. The molecule has 1 aliphatic rings. The molecule has 2 heterocycles. The summed E-state index contributed by atoms with van der Waals surface area (Å²) in [6.45, 7) is 8.14. The van der Waals surface area contributed by atoms with Gasteiger partial charge in [0.1, 0.15) is 5.75 Å². The number of rotatable bonds is 7. The van der Waals surface area contributed by atoms with Crippen LogP contribution in [0.1, 0.15) is 17.3 Å². The van der Waals surface area contributed by atoms with Gasteiger partial charge in [-0.05, 0) is 17.7 Å². The second kappa shape index (κ2) is 8.23. The molecular formula is C17H24N4O3. The Kier molecular flexibility index (Phi) is 5.79. The molecule has 0 bridgehead atoms. The van der Waals surface area contributed by atoms with Crippen molar-refractivity contribution in [3.63, 3.8) is 0 Å². The molecule has 1 aromatic carbocycles. The molecule has 0 atom stereocenters. The van der Waals surface area contributed by atoms with Gasteiger partial charge in [0.25, 0.3) is 0 Å². The number of hydrogen-bond donors (Lipinski definition) is 1. The van der Waals surface area contributed by atoms with Gasteiger partial charge in [0.15, 0.2) is 6.61 Å². The van der Waals surface area contributed by atoms with Crippen LogP contribution in [-0.2, 0) is 13.2 Å². The molecule has 1 saturated heterocycles. The van der Waals surface area contributed by atoms with Crippen molar-refractivity contribution in [2.45, 2.75) is 20.1 Å². The van der Waals surface area contributed by atoms with E-state index in [1.165, 1.54) is 5.56 Å². The lowest BCUT2D eigenvalue weighted by Gasteiger charge is -2.34. The van der Waals surface area contributed by atoms with Crippen molar-refractivity contribution in [1.82, 2.24) is 19.9 Å². The van der Waals surface area contributed by atoms with Gasteiger partial charge in [-0.25, -0.2) is 0 Å². The predicted molar refractivity (Wildman–Crippen MR) is 88.6 cm³/mol. The van der Waals surface area contributed by atoms with E-state index in [4.69, 9.17) is 14.4 Å². The molecule has 24 heavy (non-hydrogen) atoms. The Labute approximate surface area is 141 Å². The summed E-state index contributed by atoms with van der Waals surface area (Å²) in [5.74, 6) is 1.90. The van der Waals surface area contributed by atoms with E-state index in [0.717, 1.165) is 45.0 Å². The first-order valence-electron chi connectivity index (χ1n) is 8.29. The standard InChI is InChI=1S/C17H24N4O3/c1-14-18-17(19-24-14)13-23-16-4-2-15(3-5-16)12-21-8-6-20(7-9-21)10-11-22/h2-5,22H,6-13H2,1H3. The number of β-amino-alcohol motifs (C(OH)–C–C–N with tert-alkyl or cyclic N) is 1. The van der Waals surface area contributed by atoms with E-state index in [1.54, 1.807) is 6.92 Å². The number of ether oxygens (including phenoxy) is 1. The molecular weight excluding hydrogens is 308 g/mol. The lowest BCUT2D eigenvalue weighted by Crippen LogP contribution is -2.46. The molecule has 2 aromatic rings. The van der Waals surface area contributed by atoms with Gasteiger partial charge in [-0.15, -0.1) is 0 Å². The number of hydrogen-bond acceptors (Lipinski definition) is 7. The third-order valence-corrected chi connectivity index (χ3v) is 4.15. The van der Waals surface area contributed by atoms with E-state index >= 15 is 0 Å². The molecule has 1 aliphatic heterocycles. The van der Waals surface area contributed by atoms with Crippen LogP contribution in [0.4, 0.5) is 0 Å².